The van der Waals surface area contributed by atoms with Crippen LogP contribution in [0.4, 0.5) is 11.4 Å². The van der Waals surface area contributed by atoms with E-state index in [4.69, 9.17) is 0 Å². The summed E-state index contributed by atoms with van der Waals surface area (Å²) < 4.78 is 0. The highest BCUT2D eigenvalue weighted by Gasteiger charge is 2.17. The lowest BCUT2D eigenvalue weighted by atomic mass is 9.91. The van der Waals surface area contributed by atoms with Gasteiger partial charge in [-0.1, -0.05) is 49.0 Å². The van der Waals surface area contributed by atoms with Gasteiger partial charge in [-0.3, -0.25) is 0 Å². The van der Waals surface area contributed by atoms with Gasteiger partial charge in [-0.05, 0) is 65.3 Å². The molecule has 3 aromatic carbocycles. The first-order chi connectivity index (χ1) is 14.8. The van der Waals surface area contributed by atoms with Crippen LogP contribution in [0.25, 0.3) is 12.2 Å². The van der Waals surface area contributed by atoms with Crippen molar-refractivity contribution in [2.45, 2.75) is 13.8 Å². The SMILES string of the molecule is C=c1ccc(=C(c2ccc(N(CC)CC)cc2)c2ccc(N(C)C)cc2C(=O)O)cc1. The zero-order chi connectivity index (χ0) is 22.5. The van der Waals surface area contributed by atoms with Crippen molar-refractivity contribution >= 4 is 29.5 Å². The molecule has 0 aliphatic heterocycles. The second kappa shape index (κ2) is 9.52. The maximum absolute atomic E-state index is 12.2. The molecule has 0 aliphatic carbocycles. The summed E-state index contributed by atoms with van der Waals surface area (Å²) >= 11 is 0. The summed E-state index contributed by atoms with van der Waals surface area (Å²) in [6.45, 7) is 10.1. The number of hydrogen-bond acceptors (Lipinski definition) is 3. The van der Waals surface area contributed by atoms with Crippen molar-refractivity contribution in [2.75, 3.05) is 37.0 Å². The molecule has 4 heteroatoms. The van der Waals surface area contributed by atoms with Gasteiger partial charge in [-0.2, -0.15) is 0 Å². The molecule has 0 radical (unpaired) electrons. The Labute approximate surface area is 184 Å². The van der Waals surface area contributed by atoms with E-state index in [2.05, 4.69) is 49.6 Å². The van der Waals surface area contributed by atoms with Crippen LogP contribution in [0.2, 0.25) is 0 Å². The van der Waals surface area contributed by atoms with Crippen LogP contribution in [-0.4, -0.2) is 38.3 Å². The summed E-state index contributed by atoms with van der Waals surface area (Å²) in [6, 6.07) is 21.9. The lowest BCUT2D eigenvalue weighted by Gasteiger charge is -2.22. The van der Waals surface area contributed by atoms with Gasteiger partial charge >= 0.3 is 5.97 Å². The molecule has 0 saturated carbocycles. The number of nitrogens with zero attached hydrogens (tertiary/aromatic N) is 2. The van der Waals surface area contributed by atoms with Gasteiger partial charge in [0.25, 0.3) is 0 Å². The minimum atomic E-state index is -0.940. The van der Waals surface area contributed by atoms with E-state index in [-0.39, 0.29) is 5.56 Å². The molecule has 3 aromatic rings. The monoisotopic (exact) mass is 414 g/mol. The smallest absolute Gasteiger partial charge is 0.336 e. The highest BCUT2D eigenvalue weighted by Crippen LogP contribution is 2.29. The molecule has 0 saturated heterocycles. The van der Waals surface area contributed by atoms with Gasteiger partial charge in [0, 0.05) is 38.6 Å². The molecule has 160 valence electrons. The number of aromatic carboxylic acids is 1. The first-order valence-corrected chi connectivity index (χ1v) is 10.6. The summed E-state index contributed by atoms with van der Waals surface area (Å²) in [6.07, 6.45) is 0. The number of carbonyl (C=O) groups is 1. The first-order valence-electron chi connectivity index (χ1n) is 10.6. The van der Waals surface area contributed by atoms with E-state index in [1.165, 1.54) is 0 Å². The van der Waals surface area contributed by atoms with Crippen LogP contribution in [0.5, 0.6) is 0 Å². The summed E-state index contributed by atoms with van der Waals surface area (Å²) in [5, 5.41) is 11.9. The van der Waals surface area contributed by atoms with Crippen molar-refractivity contribution in [1.82, 2.24) is 0 Å². The minimum Gasteiger partial charge on any atom is -0.478 e. The fourth-order valence-electron chi connectivity index (χ4n) is 3.78. The van der Waals surface area contributed by atoms with Crippen LogP contribution in [0.3, 0.4) is 0 Å². The highest BCUT2D eigenvalue weighted by atomic mass is 16.4. The number of benzene rings is 3. The van der Waals surface area contributed by atoms with E-state index in [1.807, 2.05) is 55.4 Å². The van der Waals surface area contributed by atoms with Gasteiger partial charge in [0.2, 0.25) is 0 Å². The second-order valence-electron chi connectivity index (χ2n) is 7.72. The zero-order valence-electron chi connectivity index (χ0n) is 18.7. The predicted molar refractivity (Wildman–Crippen MR) is 131 cm³/mol. The third kappa shape index (κ3) is 4.80. The largest absolute Gasteiger partial charge is 0.478 e. The molecule has 0 amide bonds. The molecular formula is C27H30N2O2. The lowest BCUT2D eigenvalue weighted by Crippen LogP contribution is -2.21. The van der Waals surface area contributed by atoms with Crippen molar-refractivity contribution in [3.8, 4) is 0 Å². The molecule has 0 heterocycles. The Balaban J connectivity index is 2.28. The Hall–Kier alpha value is -3.53. The van der Waals surface area contributed by atoms with Gasteiger partial charge in [-0.25, -0.2) is 4.79 Å². The topological polar surface area (TPSA) is 43.8 Å². The third-order valence-corrected chi connectivity index (χ3v) is 5.55. The molecule has 1 N–H and O–H groups in total. The normalized spacial score (nSPS) is 10.6. The standard InChI is InChI=1S/C27H30N2O2/c1-6-29(7-2)22-14-12-21(13-15-22)26(20-10-8-19(3)9-11-20)24-17-16-23(28(4)5)18-25(24)27(30)31/h8-18H,3,6-7H2,1-2,4-5H3,(H,30,31). The Kier molecular flexibility index (Phi) is 6.81. The number of carboxylic acid groups (broad SMARTS) is 1. The average molecular weight is 415 g/mol. The predicted octanol–water partition coefficient (Wildman–Crippen LogP) is 3.95. The molecule has 0 bridgehead atoms. The molecule has 0 spiro atoms. The molecular weight excluding hydrogens is 384 g/mol. The van der Waals surface area contributed by atoms with Gasteiger partial charge < -0.3 is 14.9 Å². The van der Waals surface area contributed by atoms with Crippen molar-refractivity contribution < 1.29 is 9.90 Å². The van der Waals surface area contributed by atoms with Crippen molar-refractivity contribution in [2.24, 2.45) is 0 Å². The highest BCUT2D eigenvalue weighted by molar-refractivity contribution is 5.98. The number of carboxylic acids is 1. The van der Waals surface area contributed by atoms with E-state index in [0.717, 1.165) is 46.0 Å². The molecule has 0 unspecified atom stereocenters. The summed E-state index contributed by atoms with van der Waals surface area (Å²) in [5.74, 6) is -0.940. The van der Waals surface area contributed by atoms with Crippen LogP contribution < -0.4 is 20.2 Å². The fraction of sp³-hybridized carbons (Fsp3) is 0.222. The van der Waals surface area contributed by atoms with Gasteiger partial charge in [0.05, 0.1) is 5.56 Å². The van der Waals surface area contributed by atoms with E-state index < -0.39 is 5.97 Å². The Bertz CT molecular complexity index is 1150. The number of anilines is 2. The van der Waals surface area contributed by atoms with Crippen LogP contribution in [0.15, 0.2) is 66.7 Å². The van der Waals surface area contributed by atoms with Crippen LogP contribution in [-0.2, 0) is 0 Å². The molecule has 0 aliphatic rings. The third-order valence-electron chi connectivity index (χ3n) is 5.55. The summed E-state index contributed by atoms with van der Waals surface area (Å²) in [5.41, 5.74) is 4.87. The fourth-order valence-corrected chi connectivity index (χ4v) is 3.78. The molecule has 4 nitrogen and oxygen atoms in total. The first kappa shape index (κ1) is 22.2. The van der Waals surface area contributed by atoms with Crippen LogP contribution in [0, 0.1) is 0 Å². The van der Waals surface area contributed by atoms with E-state index >= 15 is 0 Å². The van der Waals surface area contributed by atoms with Crippen molar-refractivity contribution in [3.63, 3.8) is 0 Å². The van der Waals surface area contributed by atoms with E-state index in [0.29, 0.717) is 5.56 Å². The minimum absolute atomic E-state index is 0.285. The Morgan fingerprint density at radius 3 is 1.94 bits per heavy atom. The van der Waals surface area contributed by atoms with E-state index in [9.17, 15) is 9.90 Å². The molecule has 0 atom stereocenters. The number of rotatable bonds is 7. The average Bonchev–Trinajstić information content (AvgIpc) is 2.77. The Morgan fingerprint density at radius 1 is 0.839 bits per heavy atom. The van der Waals surface area contributed by atoms with E-state index in [1.54, 1.807) is 6.07 Å². The number of hydrogen-bond donors (Lipinski definition) is 1. The van der Waals surface area contributed by atoms with Crippen molar-refractivity contribution in [3.05, 3.63) is 93.9 Å². The molecule has 31 heavy (non-hydrogen) atoms. The van der Waals surface area contributed by atoms with Gasteiger partial charge in [0.1, 0.15) is 0 Å². The second-order valence-corrected chi connectivity index (χ2v) is 7.72. The van der Waals surface area contributed by atoms with Crippen LogP contribution in [0.1, 0.15) is 35.3 Å². The van der Waals surface area contributed by atoms with Gasteiger partial charge in [0.15, 0.2) is 0 Å². The molecule has 3 rings (SSSR count). The van der Waals surface area contributed by atoms with Crippen LogP contribution >= 0.6 is 0 Å². The molecule has 0 fully saturated rings. The quantitative estimate of drug-likeness (QED) is 0.636. The summed E-state index contributed by atoms with van der Waals surface area (Å²) in [7, 11) is 3.81. The maximum atomic E-state index is 12.2. The zero-order valence-corrected chi connectivity index (χ0v) is 18.7. The summed E-state index contributed by atoms with van der Waals surface area (Å²) in [4.78, 5) is 16.4. The maximum Gasteiger partial charge on any atom is 0.336 e. The lowest BCUT2D eigenvalue weighted by molar-refractivity contribution is 0.0696. The van der Waals surface area contributed by atoms with Crippen molar-refractivity contribution in [1.29, 1.82) is 0 Å². The molecule has 0 aromatic heterocycles. The Morgan fingerprint density at radius 2 is 1.42 bits per heavy atom. The van der Waals surface area contributed by atoms with Gasteiger partial charge in [-0.15, -0.1) is 0 Å².